The molecule has 3 rings (SSSR count). The Morgan fingerprint density at radius 3 is 2.28 bits per heavy atom. The highest BCUT2D eigenvalue weighted by Crippen LogP contribution is 2.31. The van der Waals surface area contributed by atoms with E-state index in [1.54, 1.807) is 30.3 Å². The molecule has 7 heteroatoms. The minimum absolute atomic E-state index is 0.0288. The summed E-state index contributed by atoms with van der Waals surface area (Å²) in [6.45, 7) is 3.88. The molecule has 32 heavy (non-hydrogen) atoms. The van der Waals surface area contributed by atoms with E-state index in [9.17, 15) is 22.4 Å². The molecule has 0 fully saturated rings. The molecule has 3 aromatic rings. The van der Waals surface area contributed by atoms with E-state index in [1.807, 2.05) is 32.0 Å². The van der Waals surface area contributed by atoms with Crippen molar-refractivity contribution in [3.63, 3.8) is 0 Å². The van der Waals surface area contributed by atoms with Crippen LogP contribution >= 0.6 is 0 Å². The monoisotopic (exact) mass is 444 g/mol. The van der Waals surface area contributed by atoms with Gasteiger partial charge in [0.25, 0.3) is 0 Å². The van der Waals surface area contributed by atoms with Crippen molar-refractivity contribution in [3.8, 4) is 0 Å². The summed E-state index contributed by atoms with van der Waals surface area (Å²) in [4.78, 5) is 14.7. The second kappa shape index (κ2) is 9.53. The van der Waals surface area contributed by atoms with Crippen molar-refractivity contribution in [1.29, 1.82) is 0 Å². The van der Waals surface area contributed by atoms with Crippen molar-refractivity contribution >= 4 is 11.6 Å². The maximum atomic E-state index is 13.8. The maximum Gasteiger partial charge on any atom is 0.416 e. The van der Waals surface area contributed by atoms with E-state index in [2.05, 4.69) is 0 Å². The van der Waals surface area contributed by atoms with E-state index in [4.69, 9.17) is 5.73 Å². The van der Waals surface area contributed by atoms with Crippen LogP contribution in [0.15, 0.2) is 66.7 Å². The van der Waals surface area contributed by atoms with Crippen LogP contribution in [0.4, 0.5) is 23.2 Å². The van der Waals surface area contributed by atoms with Gasteiger partial charge in [0.1, 0.15) is 11.9 Å². The Morgan fingerprint density at radius 2 is 1.66 bits per heavy atom. The van der Waals surface area contributed by atoms with Crippen molar-refractivity contribution in [1.82, 2.24) is 0 Å². The zero-order chi connectivity index (χ0) is 23.5. The largest absolute Gasteiger partial charge is 0.416 e. The number of nitrogens with two attached hydrogens (primary N) is 1. The fourth-order valence-corrected chi connectivity index (χ4v) is 3.43. The van der Waals surface area contributed by atoms with Gasteiger partial charge in [0.15, 0.2) is 0 Å². The molecular weight excluding hydrogens is 420 g/mol. The fourth-order valence-electron chi connectivity index (χ4n) is 3.43. The number of halogens is 4. The zero-order valence-electron chi connectivity index (χ0n) is 17.8. The Bertz CT molecular complexity index is 1100. The summed E-state index contributed by atoms with van der Waals surface area (Å²) in [5.41, 5.74) is 8.50. The molecule has 168 valence electrons. The van der Waals surface area contributed by atoms with Crippen LogP contribution in [0.1, 0.15) is 33.9 Å². The number of hydrogen-bond donors (Lipinski definition) is 1. The van der Waals surface area contributed by atoms with Crippen LogP contribution in [0, 0.1) is 19.7 Å². The minimum atomic E-state index is -4.66. The fraction of sp³-hybridized carbons (Fsp3) is 0.240. The average Bonchev–Trinajstić information content (AvgIpc) is 2.75. The summed E-state index contributed by atoms with van der Waals surface area (Å²) in [6.07, 6.45) is -4.63. The van der Waals surface area contributed by atoms with Crippen molar-refractivity contribution in [2.24, 2.45) is 5.73 Å². The molecule has 0 aliphatic rings. The van der Waals surface area contributed by atoms with Crippen molar-refractivity contribution in [2.45, 2.75) is 32.5 Å². The second-order valence-electron chi connectivity index (χ2n) is 7.74. The highest BCUT2D eigenvalue weighted by atomic mass is 19.4. The standard InChI is InChI=1S/C25H24F4N2O/c1-16-8-9-22(12-17(16)2)31(24(32)23(30)19-6-4-3-5-7-19)11-10-18-13-20(25(27,28)29)15-21(26)14-18/h3-9,12-15,23H,10-11,30H2,1-2H3/t23-/m0/s1. The lowest BCUT2D eigenvalue weighted by atomic mass is 10.0. The van der Waals surface area contributed by atoms with Gasteiger partial charge < -0.3 is 10.6 Å². The molecular formula is C25H24F4N2O. The summed E-state index contributed by atoms with van der Waals surface area (Å²) < 4.78 is 53.0. The second-order valence-corrected chi connectivity index (χ2v) is 7.74. The first kappa shape index (κ1) is 23.5. The third kappa shape index (κ3) is 5.53. The van der Waals surface area contributed by atoms with E-state index >= 15 is 0 Å². The van der Waals surface area contributed by atoms with E-state index in [0.29, 0.717) is 17.3 Å². The Morgan fingerprint density at radius 1 is 0.969 bits per heavy atom. The molecule has 0 aliphatic heterocycles. The quantitative estimate of drug-likeness (QED) is 0.493. The summed E-state index contributed by atoms with van der Waals surface area (Å²) >= 11 is 0. The Hall–Kier alpha value is -3.19. The number of aryl methyl sites for hydroxylation is 2. The first-order valence-corrected chi connectivity index (χ1v) is 10.1. The summed E-state index contributed by atoms with van der Waals surface area (Å²) in [5.74, 6) is -1.37. The van der Waals surface area contributed by atoms with Crippen molar-refractivity contribution in [3.05, 3.63) is 100 Å². The zero-order valence-corrected chi connectivity index (χ0v) is 17.8. The molecule has 0 aliphatic carbocycles. The molecule has 0 saturated carbocycles. The minimum Gasteiger partial charge on any atom is -0.316 e. The smallest absolute Gasteiger partial charge is 0.316 e. The molecule has 0 heterocycles. The maximum absolute atomic E-state index is 13.8. The molecule has 0 saturated heterocycles. The summed E-state index contributed by atoms with van der Waals surface area (Å²) in [7, 11) is 0. The summed E-state index contributed by atoms with van der Waals surface area (Å²) in [6, 6.07) is 15.8. The highest BCUT2D eigenvalue weighted by Gasteiger charge is 2.31. The number of hydrogen-bond acceptors (Lipinski definition) is 2. The SMILES string of the molecule is Cc1ccc(N(CCc2cc(F)cc(C(F)(F)F)c2)C(=O)[C@@H](N)c2ccccc2)cc1C. The lowest BCUT2D eigenvalue weighted by molar-refractivity contribution is -0.137. The number of benzene rings is 3. The van der Waals surface area contributed by atoms with Crippen LogP contribution in [-0.4, -0.2) is 12.5 Å². The van der Waals surface area contributed by atoms with Crippen LogP contribution in [-0.2, 0) is 17.4 Å². The van der Waals surface area contributed by atoms with Crippen molar-refractivity contribution < 1.29 is 22.4 Å². The van der Waals surface area contributed by atoms with Gasteiger partial charge in [-0.05, 0) is 72.9 Å². The van der Waals surface area contributed by atoms with E-state index in [-0.39, 0.29) is 18.5 Å². The van der Waals surface area contributed by atoms with Gasteiger partial charge in [-0.25, -0.2) is 4.39 Å². The third-order valence-electron chi connectivity index (χ3n) is 5.40. The third-order valence-corrected chi connectivity index (χ3v) is 5.40. The van der Waals surface area contributed by atoms with Gasteiger partial charge in [0.05, 0.1) is 5.56 Å². The lowest BCUT2D eigenvalue weighted by Crippen LogP contribution is -2.40. The predicted octanol–water partition coefficient (Wildman–Crippen LogP) is 5.74. The first-order valence-electron chi connectivity index (χ1n) is 10.1. The molecule has 0 bridgehead atoms. The number of alkyl halides is 3. The van der Waals surface area contributed by atoms with Gasteiger partial charge in [-0.1, -0.05) is 36.4 Å². The molecule has 1 atom stereocenters. The van der Waals surface area contributed by atoms with Crippen LogP contribution in [0.2, 0.25) is 0 Å². The van der Waals surface area contributed by atoms with Gasteiger partial charge in [-0.15, -0.1) is 0 Å². The molecule has 0 unspecified atom stereocenters. The molecule has 2 N–H and O–H groups in total. The summed E-state index contributed by atoms with van der Waals surface area (Å²) in [5, 5.41) is 0. The molecule has 0 radical (unpaired) electrons. The topological polar surface area (TPSA) is 46.3 Å². The predicted molar refractivity (Wildman–Crippen MR) is 117 cm³/mol. The Balaban J connectivity index is 1.92. The van der Waals surface area contributed by atoms with Crippen molar-refractivity contribution in [2.75, 3.05) is 11.4 Å². The van der Waals surface area contributed by atoms with Crippen LogP contribution in [0.3, 0.4) is 0 Å². The average molecular weight is 444 g/mol. The molecule has 3 nitrogen and oxygen atoms in total. The lowest BCUT2D eigenvalue weighted by Gasteiger charge is -2.27. The molecule has 1 amide bonds. The van der Waals surface area contributed by atoms with E-state index in [1.165, 1.54) is 4.90 Å². The van der Waals surface area contributed by atoms with Gasteiger partial charge in [0.2, 0.25) is 5.91 Å². The van der Waals surface area contributed by atoms with Gasteiger partial charge in [0, 0.05) is 12.2 Å². The van der Waals surface area contributed by atoms with Gasteiger partial charge in [-0.2, -0.15) is 13.2 Å². The number of nitrogens with zero attached hydrogens (tertiary/aromatic N) is 1. The van der Waals surface area contributed by atoms with E-state index < -0.39 is 29.5 Å². The van der Waals surface area contributed by atoms with Crippen LogP contribution in [0.5, 0.6) is 0 Å². The number of carbonyl (C=O) groups is 1. The first-order chi connectivity index (χ1) is 15.1. The normalized spacial score (nSPS) is 12.5. The Kier molecular flexibility index (Phi) is 6.99. The Labute approximate surface area is 184 Å². The van der Waals surface area contributed by atoms with Gasteiger partial charge in [-0.3, -0.25) is 4.79 Å². The molecule has 0 spiro atoms. The number of anilines is 1. The van der Waals surface area contributed by atoms with E-state index in [0.717, 1.165) is 23.3 Å². The van der Waals surface area contributed by atoms with Crippen LogP contribution < -0.4 is 10.6 Å². The molecule has 0 aromatic heterocycles. The number of carbonyl (C=O) groups excluding carboxylic acids is 1. The van der Waals surface area contributed by atoms with Crippen LogP contribution in [0.25, 0.3) is 0 Å². The number of rotatable bonds is 6. The van der Waals surface area contributed by atoms with Gasteiger partial charge >= 0.3 is 6.18 Å². The number of amides is 1. The highest BCUT2D eigenvalue weighted by molar-refractivity contribution is 5.97. The molecule has 3 aromatic carbocycles.